The Morgan fingerprint density at radius 1 is 1.00 bits per heavy atom. The first-order valence-corrected chi connectivity index (χ1v) is 14.0. The molecule has 222 valence electrons. The number of amides is 2. The number of nitrogens with one attached hydrogen (secondary N) is 1. The van der Waals surface area contributed by atoms with Crippen LogP contribution in [0, 0.1) is 0 Å². The minimum absolute atomic E-state index is 0.0123. The highest BCUT2D eigenvalue weighted by Crippen LogP contribution is 2.35. The van der Waals surface area contributed by atoms with E-state index in [1.54, 1.807) is 48.9 Å². The lowest BCUT2D eigenvalue weighted by molar-refractivity contribution is -0.116. The molecule has 1 aliphatic heterocycles. The van der Waals surface area contributed by atoms with Gasteiger partial charge in [-0.1, -0.05) is 6.07 Å². The molecule has 44 heavy (non-hydrogen) atoms. The third kappa shape index (κ3) is 6.46. The Hall–Kier alpha value is -5.45. The number of nitrogens with two attached hydrogens (primary N) is 1. The highest BCUT2D eigenvalue weighted by atomic mass is 19.3. The minimum Gasteiger partial charge on any atom is -0.459 e. The summed E-state index contributed by atoms with van der Waals surface area (Å²) in [5.41, 5.74) is 10.3. The summed E-state index contributed by atoms with van der Waals surface area (Å²) in [6.07, 6.45) is 8.85. The molecule has 3 N–H and O–H groups in total. The number of aromatic nitrogens is 3. The van der Waals surface area contributed by atoms with Gasteiger partial charge in [-0.2, -0.15) is 0 Å². The maximum atomic E-state index is 13.5. The van der Waals surface area contributed by atoms with Gasteiger partial charge in [0, 0.05) is 78.9 Å². The fourth-order valence-corrected chi connectivity index (χ4v) is 5.01. The highest BCUT2D eigenvalue weighted by Gasteiger charge is 2.35. The number of anilines is 1. The number of halogens is 2. The Labute approximate surface area is 251 Å². The summed E-state index contributed by atoms with van der Waals surface area (Å²) in [4.78, 5) is 39.6. The van der Waals surface area contributed by atoms with Crippen LogP contribution in [0.5, 0.6) is 0 Å². The van der Waals surface area contributed by atoms with Gasteiger partial charge < -0.3 is 20.4 Å². The van der Waals surface area contributed by atoms with Crippen molar-refractivity contribution in [3.63, 3.8) is 0 Å². The Morgan fingerprint density at radius 2 is 1.84 bits per heavy atom. The van der Waals surface area contributed by atoms with Crippen molar-refractivity contribution < 1.29 is 22.8 Å². The molecule has 6 rings (SSSR count). The highest BCUT2D eigenvalue weighted by molar-refractivity contribution is 5.97. The third-order valence-electron chi connectivity index (χ3n) is 7.40. The molecule has 0 atom stereocenters. The number of carbonyl (C=O) groups is 2. The van der Waals surface area contributed by atoms with E-state index in [0.717, 1.165) is 27.6 Å². The topological polar surface area (TPSA) is 127 Å². The van der Waals surface area contributed by atoms with Crippen LogP contribution in [0.25, 0.3) is 39.4 Å². The van der Waals surface area contributed by atoms with Crippen molar-refractivity contribution in [2.45, 2.75) is 25.3 Å². The van der Waals surface area contributed by atoms with Gasteiger partial charge in [0.25, 0.3) is 11.8 Å². The van der Waals surface area contributed by atoms with Crippen molar-refractivity contribution in [3.05, 3.63) is 102 Å². The molecule has 0 spiro atoms. The molecule has 0 saturated carbocycles. The van der Waals surface area contributed by atoms with E-state index in [0.29, 0.717) is 28.4 Å². The average Bonchev–Trinajstić information content (AvgIpc) is 3.46. The van der Waals surface area contributed by atoms with Gasteiger partial charge in [-0.05, 0) is 60.2 Å². The van der Waals surface area contributed by atoms with Crippen LogP contribution in [0.2, 0.25) is 0 Å². The predicted molar refractivity (Wildman–Crippen MR) is 162 cm³/mol. The van der Waals surface area contributed by atoms with Gasteiger partial charge in [0.2, 0.25) is 5.91 Å². The van der Waals surface area contributed by atoms with Crippen LogP contribution in [0.15, 0.2) is 89.9 Å². The monoisotopic (exact) mass is 594 g/mol. The Morgan fingerprint density at radius 3 is 2.55 bits per heavy atom. The molecule has 1 fully saturated rings. The number of furan rings is 1. The van der Waals surface area contributed by atoms with Crippen molar-refractivity contribution >= 4 is 34.7 Å². The molecular formula is C33H28F2N6O3. The number of hydrogen-bond donors (Lipinski definition) is 2. The zero-order chi connectivity index (χ0) is 30.7. The molecule has 0 unspecified atom stereocenters. The zero-order valence-corrected chi connectivity index (χ0v) is 23.5. The number of hydrogen-bond acceptors (Lipinski definition) is 7. The van der Waals surface area contributed by atoms with E-state index in [1.165, 1.54) is 17.2 Å². The normalized spacial score (nSPS) is 14.6. The number of piperidine rings is 1. The summed E-state index contributed by atoms with van der Waals surface area (Å²) < 4.78 is 33.3. The van der Waals surface area contributed by atoms with Crippen molar-refractivity contribution in [2.24, 2.45) is 0 Å². The number of nitrogen functional groups attached to an aromatic ring is 1. The lowest BCUT2D eigenvalue weighted by atomic mass is 9.99. The van der Waals surface area contributed by atoms with Gasteiger partial charge in [0.15, 0.2) is 0 Å². The van der Waals surface area contributed by atoms with Gasteiger partial charge >= 0.3 is 0 Å². The van der Waals surface area contributed by atoms with Crippen molar-refractivity contribution in [2.75, 3.05) is 18.8 Å². The fraction of sp³-hybridized carbons (Fsp3) is 0.182. The molecule has 0 aliphatic carbocycles. The molecule has 5 aromatic rings. The first-order chi connectivity index (χ1) is 21.2. The standard InChI is InChI=1S/C33H28F2N6O3/c34-33(35)9-12-41(13-10-33)32(43)23-5-6-28(38-19-23)24-14-25-15-26(44-31(25)27(16-24)22-2-1-11-37-18-22)20-40-30(42)8-4-21-3-7-29(36)39-17-21/h1-8,11,14-19H,9-10,12-13,20H2,(H2,36,39)(H,40,42). The predicted octanol–water partition coefficient (Wildman–Crippen LogP) is 5.73. The second kappa shape index (κ2) is 12.0. The quantitative estimate of drug-likeness (QED) is 0.230. The lowest BCUT2D eigenvalue weighted by Crippen LogP contribution is -2.42. The second-order valence-electron chi connectivity index (χ2n) is 10.5. The number of fused-ring (bicyclic) bond motifs is 1. The second-order valence-corrected chi connectivity index (χ2v) is 10.5. The van der Waals surface area contributed by atoms with Crippen LogP contribution in [0.3, 0.4) is 0 Å². The molecular weight excluding hydrogens is 566 g/mol. The summed E-state index contributed by atoms with van der Waals surface area (Å²) in [5.74, 6) is -2.38. The lowest BCUT2D eigenvalue weighted by Gasteiger charge is -2.31. The number of alkyl halides is 2. The van der Waals surface area contributed by atoms with Crippen LogP contribution in [-0.4, -0.2) is 50.7 Å². The molecule has 0 radical (unpaired) electrons. The number of benzene rings is 1. The van der Waals surface area contributed by atoms with Crippen LogP contribution < -0.4 is 11.1 Å². The average molecular weight is 595 g/mol. The summed E-state index contributed by atoms with van der Waals surface area (Å²) in [7, 11) is 0. The van der Waals surface area contributed by atoms with Gasteiger partial charge in [-0.3, -0.25) is 19.6 Å². The summed E-state index contributed by atoms with van der Waals surface area (Å²) in [6.45, 7) is 0.188. The number of pyridine rings is 3. The number of rotatable bonds is 7. The summed E-state index contributed by atoms with van der Waals surface area (Å²) >= 11 is 0. The van der Waals surface area contributed by atoms with Crippen molar-refractivity contribution in [1.29, 1.82) is 0 Å². The van der Waals surface area contributed by atoms with Crippen LogP contribution in [-0.2, 0) is 11.3 Å². The molecule has 1 aromatic carbocycles. The van der Waals surface area contributed by atoms with E-state index in [9.17, 15) is 18.4 Å². The fourth-order valence-electron chi connectivity index (χ4n) is 5.01. The van der Waals surface area contributed by atoms with E-state index in [1.807, 2.05) is 30.3 Å². The molecule has 9 nitrogen and oxygen atoms in total. The smallest absolute Gasteiger partial charge is 0.255 e. The van der Waals surface area contributed by atoms with Gasteiger partial charge in [0.05, 0.1) is 17.8 Å². The first-order valence-electron chi connectivity index (χ1n) is 14.0. The Bertz CT molecular complexity index is 1830. The van der Waals surface area contributed by atoms with Gasteiger partial charge in [-0.15, -0.1) is 0 Å². The number of carbonyl (C=O) groups excluding carboxylic acids is 2. The van der Waals surface area contributed by atoms with E-state index in [4.69, 9.17) is 10.2 Å². The number of likely N-dealkylation sites (tertiary alicyclic amines) is 1. The summed E-state index contributed by atoms with van der Waals surface area (Å²) in [5, 5.41) is 3.63. The first kappa shape index (κ1) is 28.7. The number of nitrogens with zero attached hydrogens (tertiary/aromatic N) is 4. The van der Waals surface area contributed by atoms with Crippen molar-refractivity contribution in [1.82, 2.24) is 25.2 Å². The Balaban J connectivity index is 1.23. The largest absolute Gasteiger partial charge is 0.459 e. The molecule has 4 aromatic heterocycles. The van der Waals surface area contributed by atoms with Crippen LogP contribution in [0.4, 0.5) is 14.6 Å². The van der Waals surface area contributed by atoms with Crippen LogP contribution >= 0.6 is 0 Å². The SMILES string of the molecule is Nc1ccc(C=CC(=O)NCc2cc3cc(-c4ccc(C(=O)N5CCC(F)(F)CC5)cn4)cc(-c4cccnc4)c3o2)cn1. The van der Waals surface area contributed by atoms with Gasteiger partial charge in [0.1, 0.15) is 17.2 Å². The van der Waals surface area contributed by atoms with Crippen molar-refractivity contribution in [3.8, 4) is 22.4 Å². The molecule has 1 aliphatic rings. The minimum atomic E-state index is -2.73. The molecule has 0 bridgehead atoms. The molecule has 11 heteroatoms. The van der Waals surface area contributed by atoms with E-state index >= 15 is 0 Å². The Kier molecular flexibility index (Phi) is 7.84. The molecule has 1 saturated heterocycles. The van der Waals surface area contributed by atoms with E-state index in [-0.39, 0.29) is 44.3 Å². The van der Waals surface area contributed by atoms with E-state index in [2.05, 4.69) is 20.3 Å². The molecule has 2 amide bonds. The third-order valence-corrected chi connectivity index (χ3v) is 7.40. The molecule has 5 heterocycles. The van der Waals surface area contributed by atoms with E-state index < -0.39 is 5.92 Å². The maximum Gasteiger partial charge on any atom is 0.255 e. The summed E-state index contributed by atoms with van der Waals surface area (Å²) in [6, 6.07) is 16.3. The maximum absolute atomic E-state index is 13.5. The van der Waals surface area contributed by atoms with Crippen LogP contribution in [0.1, 0.15) is 34.5 Å². The zero-order valence-electron chi connectivity index (χ0n) is 23.5. The van der Waals surface area contributed by atoms with Gasteiger partial charge in [-0.25, -0.2) is 13.8 Å².